The molecule has 0 aromatic carbocycles. The molecule has 0 spiro atoms. The summed E-state index contributed by atoms with van der Waals surface area (Å²) in [6.45, 7) is 0. The molecule has 0 saturated carbocycles. The number of hydrogen-bond acceptors (Lipinski definition) is 3. The first kappa shape index (κ1) is 7.14. The molecule has 0 fully saturated rings. The van der Waals surface area contributed by atoms with Crippen LogP contribution in [0.2, 0.25) is 0 Å². The summed E-state index contributed by atoms with van der Waals surface area (Å²) in [5.41, 5.74) is 0. The standard InChI is InChI=1S/C5H5NO3S/c7-5-2-1-3-10(8,9)6-4-5/h1,3-4H,2H2. The van der Waals surface area contributed by atoms with Crippen LogP contribution in [0, 0.1) is 0 Å². The number of carbonyl (C=O) groups excluding carboxylic acids is 1. The fourth-order valence-electron chi connectivity index (χ4n) is 0.506. The summed E-state index contributed by atoms with van der Waals surface area (Å²) in [4.78, 5) is 10.5. The highest BCUT2D eigenvalue weighted by molar-refractivity contribution is 7.93. The summed E-state index contributed by atoms with van der Waals surface area (Å²) in [5.74, 6) is -0.294. The number of Topliss-reactive ketones (excluding diaryl/α,β-unsaturated/α-hetero) is 1. The maximum atomic E-state index is 10.6. The van der Waals surface area contributed by atoms with Crippen LogP contribution in [0.5, 0.6) is 0 Å². The molecule has 10 heavy (non-hydrogen) atoms. The molecule has 1 aliphatic heterocycles. The Morgan fingerprint density at radius 3 is 2.90 bits per heavy atom. The number of sulfonamides is 1. The lowest BCUT2D eigenvalue weighted by Crippen LogP contribution is -1.95. The lowest BCUT2D eigenvalue weighted by Gasteiger charge is -1.80. The van der Waals surface area contributed by atoms with Crippen molar-refractivity contribution in [1.82, 2.24) is 0 Å². The van der Waals surface area contributed by atoms with Gasteiger partial charge in [0, 0.05) is 11.8 Å². The fourth-order valence-corrected chi connectivity index (χ4v) is 1.18. The first-order valence-electron chi connectivity index (χ1n) is 2.60. The molecule has 5 heteroatoms. The molecule has 0 unspecified atom stereocenters. The van der Waals surface area contributed by atoms with Crippen molar-refractivity contribution in [2.75, 3.05) is 0 Å². The predicted molar refractivity (Wildman–Crippen MR) is 36.2 cm³/mol. The molecule has 0 atom stereocenters. The maximum absolute atomic E-state index is 10.6. The van der Waals surface area contributed by atoms with E-state index in [1.807, 2.05) is 0 Å². The molecular formula is C5H5NO3S. The Morgan fingerprint density at radius 2 is 2.20 bits per heavy atom. The van der Waals surface area contributed by atoms with E-state index in [0.29, 0.717) is 0 Å². The van der Waals surface area contributed by atoms with Crippen LogP contribution >= 0.6 is 0 Å². The fraction of sp³-hybridized carbons (Fsp3) is 0.200. The SMILES string of the molecule is O=C1C=NS(=O)(=O)C=CC1. The van der Waals surface area contributed by atoms with E-state index in [-0.39, 0.29) is 12.2 Å². The first-order chi connectivity index (χ1) is 4.60. The van der Waals surface area contributed by atoms with E-state index in [1.165, 1.54) is 6.08 Å². The van der Waals surface area contributed by atoms with Crippen LogP contribution in [0.15, 0.2) is 15.9 Å². The second-order valence-electron chi connectivity index (χ2n) is 1.79. The molecule has 1 aliphatic rings. The molecule has 0 aromatic heterocycles. The molecule has 54 valence electrons. The van der Waals surface area contributed by atoms with Crippen molar-refractivity contribution in [2.45, 2.75) is 6.42 Å². The van der Waals surface area contributed by atoms with Gasteiger partial charge in [-0.3, -0.25) is 4.79 Å². The number of ketones is 1. The van der Waals surface area contributed by atoms with E-state index < -0.39 is 10.0 Å². The van der Waals surface area contributed by atoms with Gasteiger partial charge in [0.2, 0.25) is 0 Å². The largest absolute Gasteiger partial charge is 0.293 e. The van der Waals surface area contributed by atoms with E-state index in [2.05, 4.69) is 4.40 Å². The van der Waals surface area contributed by atoms with Gasteiger partial charge in [-0.05, 0) is 0 Å². The predicted octanol–water partition coefficient (Wildman–Crippen LogP) is -0.126. The highest BCUT2D eigenvalue weighted by atomic mass is 32.2. The van der Waals surface area contributed by atoms with Crippen LogP contribution in [0.3, 0.4) is 0 Å². The van der Waals surface area contributed by atoms with E-state index in [9.17, 15) is 13.2 Å². The number of hydrogen-bond donors (Lipinski definition) is 0. The van der Waals surface area contributed by atoms with Crippen molar-refractivity contribution in [1.29, 1.82) is 0 Å². The van der Waals surface area contributed by atoms with Gasteiger partial charge in [-0.2, -0.15) is 12.8 Å². The summed E-state index contributed by atoms with van der Waals surface area (Å²) in [7, 11) is -3.48. The quantitative estimate of drug-likeness (QED) is 0.494. The molecule has 0 aromatic rings. The zero-order chi connectivity index (χ0) is 7.61. The normalized spacial score (nSPS) is 22.6. The number of allylic oxidation sites excluding steroid dienone is 1. The maximum Gasteiger partial charge on any atom is 0.275 e. The van der Waals surface area contributed by atoms with Crippen LogP contribution in [0.4, 0.5) is 0 Å². The van der Waals surface area contributed by atoms with E-state index in [1.54, 1.807) is 0 Å². The lowest BCUT2D eigenvalue weighted by molar-refractivity contribution is -0.111. The molecule has 0 saturated heterocycles. The molecular weight excluding hydrogens is 154 g/mol. The third kappa shape index (κ3) is 1.77. The topological polar surface area (TPSA) is 63.6 Å². The Balaban J connectivity index is 3.07. The Hall–Kier alpha value is -0.970. The zero-order valence-electron chi connectivity index (χ0n) is 5.02. The van der Waals surface area contributed by atoms with Gasteiger partial charge in [0.1, 0.15) is 0 Å². The lowest BCUT2D eigenvalue weighted by atomic mass is 10.3. The van der Waals surface area contributed by atoms with Crippen LogP contribution < -0.4 is 0 Å². The summed E-state index contributed by atoms with van der Waals surface area (Å²) in [6, 6.07) is 0. The van der Waals surface area contributed by atoms with Gasteiger partial charge in [0.15, 0.2) is 5.78 Å². The second kappa shape index (κ2) is 2.34. The van der Waals surface area contributed by atoms with Gasteiger partial charge in [-0.1, -0.05) is 6.08 Å². The Labute approximate surface area is 58.3 Å². The van der Waals surface area contributed by atoms with Crippen molar-refractivity contribution in [3.8, 4) is 0 Å². The molecule has 0 amide bonds. The van der Waals surface area contributed by atoms with Gasteiger partial charge in [0.25, 0.3) is 10.0 Å². The average molecular weight is 159 g/mol. The monoisotopic (exact) mass is 159 g/mol. The molecule has 0 bridgehead atoms. The van der Waals surface area contributed by atoms with Crippen molar-refractivity contribution >= 4 is 22.0 Å². The minimum Gasteiger partial charge on any atom is -0.293 e. The molecule has 0 N–H and O–H groups in total. The van der Waals surface area contributed by atoms with Gasteiger partial charge >= 0.3 is 0 Å². The Bertz CT molecular complexity index is 299. The van der Waals surface area contributed by atoms with Gasteiger partial charge in [0.05, 0.1) is 6.21 Å². The van der Waals surface area contributed by atoms with E-state index in [0.717, 1.165) is 11.6 Å². The van der Waals surface area contributed by atoms with Gasteiger partial charge in [-0.25, -0.2) is 0 Å². The number of nitrogens with zero attached hydrogens (tertiary/aromatic N) is 1. The third-order valence-corrected chi connectivity index (χ3v) is 1.87. The molecule has 1 heterocycles. The molecule has 0 radical (unpaired) electrons. The Morgan fingerprint density at radius 1 is 1.50 bits per heavy atom. The van der Waals surface area contributed by atoms with Crippen molar-refractivity contribution < 1.29 is 13.2 Å². The molecule has 4 nitrogen and oxygen atoms in total. The molecule has 1 rings (SSSR count). The van der Waals surface area contributed by atoms with E-state index in [4.69, 9.17) is 0 Å². The zero-order valence-corrected chi connectivity index (χ0v) is 5.84. The summed E-state index contributed by atoms with van der Waals surface area (Å²) in [6.07, 6.45) is 2.22. The highest BCUT2D eigenvalue weighted by Crippen LogP contribution is 1.99. The second-order valence-corrected chi connectivity index (χ2v) is 3.30. The minimum absolute atomic E-state index is 0.114. The average Bonchev–Trinajstić information content (AvgIpc) is 1.94. The highest BCUT2D eigenvalue weighted by Gasteiger charge is 2.06. The van der Waals surface area contributed by atoms with Crippen molar-refractivity contribution in [3.05, 3.63) is 11.5 Å². The minimum atomic E-state index is -3.48. The van der Waals surface area contributed by atoms with Gasteiger partial charge < -0.3 is 0 Å². The summed E-state index contributed by atoms with van der Waals surface area (Å²) in [5, 5.41) is 0.925. The van der Waals surface area contributed by atoms with Gasteiger partial charge in [-0.15, -0.1) is 0 Å². The van der Waals surface area contributed by atoms with E-state index >= 15 is 0 Å². The third-order valence-electron chi connectivity index (χ3n) is 0.931. The Kier molecular flexibility index (Phi) is 1.67. The first-order valence-corrected chi connectivity index (χ1v) is 4.10. The summed E-state index contributed by atoms with van der Waals surface area (Å²) >= 11 is 0. The smallest absolute Gasteiger partial charge is 0.275 e. The molecule has 0 aliphatic carbocycles. The van der Waals surface area contributed by atoms with Crippen LogP contribution in [-0.4, -0.2) is 20.4 Å². The summed E-state index contributed by atoms with van der Waals surface area (Å²) < 4.78 is 24.2. The van der Waals surface area contributed by atoms with Crippen LogP contribution in [-0.2, 0) is 14.8 Å². The van der Waals surface area contributed by atoms with Crippen molar-refractivity contribution in [2.24, 2.45) is 4.40 Å². The number of rotatable bonds is 0. The van der Waals surface area contributed by atoms with Crippen LogP contribution in [0.25, 0.3) is 0 Å². The van der Waals surface area contributed by atoms with Crippen molar-refractivity contribution in [3.63, 3.8) is 0 Å². The van der Waals surface area contributed by atoms with Crippen LogP contribution in [0.1, 0.15) is 6.42 Å². The number of carbonyl (C=O) groups is 1.